The van der Waals surface area contributed by atoms with Gasteiger partial charge in [0.15, 0.2) is 11.5 Å². The van der Waals surface area contributed by atoms with E-state index in [9.17, 15) is 4.79 Å². The van der Waals surface area contributed by atoms with E-state index in [0.717, 1.165) is 5.69 Å². The third kappa shape index (κ3) is 3.18. The van der Waals surface area contributed by atoms with Crippen molar-refractivity contribution in [3.63, 3.8) is 0 Å². The molecule has 0 fully saturated rings. The van der Waals surface area contributed by atoms with E-state index in [-0.39, 0.29) is 5.91 Å². The van der Waals surface area contributed by atoms with E-state index in [1.54, 1.807) is 22.8 Å². The molecule has 3 heterocycles. The monoisotopic (exact) mass is 347 g/mol. The maximum atomic E-state index is 12.4. The van der Waals surface area contributed by atoms with E-state index in [4.69, 9.17) is 17.3 Å². The zero-order chi connectivity index (χ0) is 17.3. The molecule has 0 atom stereocenters. The maximum absolute atomic E-state index is 12.4. The van der Waals surface area contributed by atoms with Crippen LogP contribution in [-0.4, -0.2) is 41.9 Å². The van der Waals surface area contributed by atoms with Crippen molar-refractivity contribution in [1.29, 1.82) is 0 Å². The van der Waals surface area contributed by atoms with Gasteiger partial charge in [-0.3, -0.25) is 4.79 Å². The molecule has 0 aliphatic rings. The molecule has 0 saturated carbocycles. The molecule has 0 aromatic carbocycles. The van der Waals surface area contributed by atoms with Crippen molar-refractivity contribution >= 4 is 34.5 Å². The topological polar surface area (TPSA) is 94.9 Å². The number of halogens is 1. The Kier molecular flexibility index (Phi) is 4.39. The summed E-state index contributed by atoms with van der Waals surface area (Å²) in [6.45, 7) is 0.978. The largest absolute Gasteiger partial charge is 0.382 e. The molecule has 0 saturated heterocycles. The highest BCUT2D eigenvalue weighted by Crippen LogP contribution is 2.16. The number of anilines is 1. The van der Waals surface area contributed by atoms with Gasteiger partial charge in [0.05, 0.1) is 17.9 Å². The maximum Gasteiger partial charge on any atom is 0.224 e. The Morgan fingerprint density at radius 3 is 2.88 bits per heavy atom. The standard InChI is InChI=1S/C15H18ClN7O/c1-21-6-10(16)5-11(21)7-22(2)12(24)3-4-23-9-20-13-14(17)18-8-19-15(13)23/h5-6,8-9H,3-4,7H2,1-2H3,(H2,17,18,19). The molecule has 8 nitrogen and oxygen atoms in total. The van der Waals surface area contributed by atoms with Crippen molar-refractivity contribution in [3.05, 3.63) is 35.6 Å². The summed E-state index contributed by atoms with van der Waals surface area (Å²) in [5.41, 5.74) is 7.92. The lowest BCUT2D eigenvalue weighted by atomic mass is 10.3. The van der Waals surface area contributed by atoms with E-state index in [0.29, 0.717) is 41.5 Å². The van der Waals surface area contributed by atoms with Crippen molar-refractivity contribution in [2.45, 2.75) is 19.5 Å². The number of nitrogen functional groups attached to an aromatic ring is 1. The minimum atomic E-state index is 0.0243. The lowest BCUT2D eigenvalue weighted by Crippen LogP contribution is -2.27. The minimum Gasteiger partial charge on any atom is -0.382 e. The molecule has 9 heteroatoms. The van der Waals surface area contributed by atoms with Gasteiger partial charge in [-0.1, -0.05) is 11.6 Å². The quantitative estimate of drug-likeness (QED) is 0.753. The van der Waals surface area contributed by atoms with Gasteiger partial charge in [-0.05, 0) is 6.07 Å². The molecule has 0 radical (unpaired) electrons. The fourth-order valence-electron chi connectivity index (χ4n) is 2.52. The molecule has 0 unspecified atom stereocenters. The molecular formula is C15H18ClN7O. The van der Waals surface area contributed by atoms with E-state index in [1.807, 2.05) is 23.9 Å². The molecule has 0 aliphatic heterocycles. The number of hydrogen-bond donors (Lipinski definition) is 1. The molecule has 24 heavy (non-hydrogen) atoms. The van der Waals surface area contributed by atoms with Gasteiger partial charge in [0.2, 0.25) is 5.91 Å². The number of nitrogens with two attached hydrogens (primary N) is 1. The van der Waals surface area contributed by atoms with Crippen LogP contribution in [0.4, 0.5) is 5.82 Å². The number of aryl methyl sites for hydroxylation is 2. The summed E-state index contributed by atoms with van der Waals surface area (Å²) in [7, 11) is 3.68. The summed E-state index contributed by atoms with van der Waals surface area (Å²) < 4.78 is 3.72. The first-order valence-electron chi connectivity index (χ1n) is 7.41. The summed E-state index contributed by atoms with van der Waals surface area (Å²) in [5, 5.41) is 0.663. The predicted molar refractivity (Wildman–Crippen MR) is 91.2 cm³/mol. The van der Waals surface area contributed by atoms with E-state index in [1.165, 1.54) is 6.33 Å². The van der Waals surface area contributed by atoms with Crippen molar-refractivity contribution in [2.75, 3.05) is 12.8 Å². The molecule has 0 spiro atoms. The van der Waals surface area contributed by atoms with Gasteiger partial charge in [-0.15, -0.1) is 0 Å². The number of carbonyl (C=O) groups is 1. The molecule has 3 aromatic heterocycles. The van der Waals surface area contributed by atoms with Crippen LogP contribution in [0.2, 0.25) is 5.02 Å². The van der Waals surface area contributed by atoms with Gasteiger partial charge in [0.1, 0.15) is 11.8 Å². The van der Waals surface area contributed by atoms with E-state index >= 15 is 0 Å². The first kappa shape index (κ1) is 16.3. The van der Waals surface area contributed by atoms with Crippen LogP contribution in [-0.2, 0) is 24.9 Å². The summed E-state index contributed by atoms with van der Waals surface area (Å²) in [6.07, 6.45) is 5.17. The first-order chi connectivity index (χ1) is 11.5. The van der Waals surface area contributed by atoms with Crippen LogP contribution >= 0.6 is 11.6 Å². The fraction of sp³-hybridized carbons (Fsp3) is 0.333. The van der Waals surface area contributed by atoms with Crippen molar-refractivity contribution < 1.29 is 4.79 Å². The third-order valence-corrected chi connectivity index (χ3v) is 4.10. The van der Waals surface area contributed by atoms with Crippen LogP contribution in [0, 0.1) is 0 Å². The molecule has 1 amide bonds. The Hall–Kier alpha value is -2.61. The van der Waals surface area contributed by atoms with Gasteiger partial charge in [0, 0.05) is 39.0 Å². The lowest BCUT2D eigenvalue weighted by Gasteiger charge is -2.17. The van der Waals surface area contributed by atoms with Gasteiger partial charge in [-0.25, -0.2) is 15.0 Å². The van der Waals surface area contributed by atoms with Crippen LogP contribution in [0.5, 0.6) is 0 Å². The second-order valence-electron chi connectivity index (χ2n) is 5.63. The number of rotatable bonds is 5. The molecule has 0 bridgehead atoms. The molecular weight excluding hydrogens is 330 g/mol. The lowest BCUT2D eigenvalue weighted by molar-refractivity contribution is -0.130. The smallest absolute Gasteiger partial charge is 0.224 e. The molecule has 126 valence electrons. The molecule has 2 N–H and O–H groups in total. The number of imidazole rings is 1. The average Bonchev–Trinajstić information content (AvgIpc) is 3.09. The van der Waals surface area contributed by atoms with Crippen molar-refractivity contribution in [1.82, 2.24) is 29.0 Å². The second kappa shape index (κ2) is 6.48. The Morgan fingerprint density at radius 2 is 2.17 bits per heavy atom. The zero-order valence-electron chi connectivity index (χ0n) is 13.5. The van der Waals surface area contributed by atoms with Crippen molar-refractivity contribution in [3.8, 4) is 0 Å². The van der Waals surface area contributed by atoms with Crippen LogP contribution in [0.1, 0.15) is 12.1 Å². The fourth-order valence-corrected chi connectivity index (χ4v) is 2.80. The normalized spacial score (nSPS) is 11.1. The number of hydrogen-bond acceptors (Lipinski definition) is 5. The number of amides is 1. The summed E-state index contributed by atoms with van der Waals surface area (Å²) in [6, 6.07) is 1.86. The molecule has 3 aromatic rings. The Morgan fingerprint density at radius 1 is 1.38 bits per heavy atom. The molecule has 3 rings (SSSR count). The Labute approximate surface area is 143 Å². The van der Waals surface area contributed by atoms with Gasteiger partial charge in [0.25, 0.3) is 0 Å². The third-order valence-electron chi connectivity index (χ3n) is 3.90. The van der Waals surface area contributed by atoms with Gasteiger partial charge >= 0.3 is 0 Å². The average molecular weight is 348 g/mol. The van der Waals surface area contributed by atoms with E-state index < -0.39 is 0 Å². The zero-order valence-corrected chi connectivity index (χ0v) is 14.2. The van der Waals surface area contributed by atoms with Crippen molar-refractivity contribution in [2.24, 2.45) is 7.05 Å². The van der Waals surface area contributed by atoms with Gasteiger partial charge < -0.3 is 19.8 Å². The van der Waals surface area contributed by atoms with Crippen LogP contribution in [0.3, 0.4) is 0 Å². The number of aromatic nitrogens is 5. The van der Waals surface area contributed by atoms with E-state index in [2.05, 4.69) is 15.0 Å². The van der Waals surface area contributed by atoms with Crippen LogP contribution in [0.15, 0.2) is 24.9 Å². The summed E-state index contributed by atoms with van der Waals surface area (Å²) in [4.78, 5) is 26.3. The first-order valence-corrected chi connectivity index (χ1v) is 7.79. The summed E-state index contributed by atoms with van der Waals surface area (Å²) in [5.74, 6) is 0.360. The van der Waals surface area contributed by atoms with Crippen LogP contribution < -0.4 is 5.73 Å². The second-order valence-corrected chi connectivity index (χ2v) is 6.07. The van der Waals surface area contributed by atoms with Crippen LogP contribution in [0.25, 0.3) is 11.2 Å². The highest BCUT2D eigenvalue weighted by atomic mass is 35.5. The highest BCUT2D eigenvalue weighted by Gasteiger charge is 2.13. The molecule has 0 aliphatic carbocycles. The SMILES string of the molecule is CN(Cc1cc(Cl)cn1C)C(=O)CCn1cnc2c(N)ncnc21. The number of nitrogens with zero attached hydrogens (tertiary/aromatic N) is 6. The Bertz CT molecular complexity index is 885. The minimum absolute atomic E-state index is 0.0243. The highest BCUT2D eigenvalue weighted by molar-refractivity contribution is 6.30. The predicted octanol–water partition coefficient (Wildman–Crippen LogP) is 1.45. The van der Waals surface area contributed by atoms with Gasteiger partial charge in [-0.2, -0.15) is 0 Å². The summed E-state index contributed by atoms with van der Waals surface area (Å²) >= 11 is 5.97. The number of carbonyl (C=O) groups excluding carboxylic acids is 1. The Balaban J connectivity index is 1.64. The number of fused-ring (bicyclic) bond motifs is 1.